The average molecular weight is 1010 g/mol. The number of esters is 3. The summed E-state index contributed by atoms with van der Waals surface area (Å²) in [6, 6.07) is 0. The highest BCUT2D eigenvalue weighted by Crippen LogP contribution is 2.15. The molecule has 0 saturated carbocycles. The van der Waals surface area contributed by atoms with Crippen LogP contribution in [0.5, 0.6) is 0 Å². The third kappa shape index (κ3) is 58.8. The number of rotatable bonds is 54. The van der Waals surface area contributed by atoms with Crippen molar-refractivity contribution in [2.24, 2.45) is 0 Å². The molecule has 0 unspecified atom stereocenters. The molecule has 0 spiro atoms. The van der Waals surface area contributed by atoms with Crippen molar-refractivity contribution in [3.05, 3.63) is 109 Å². The van der Waals surface area contributed by atoms with E-state index in [1.807, 2.05) is 0 Å². The van der Waals surface area contributed by atoms with Crippen molar-refractivity contribution in [1.82, 2.24) is 0 Å². The summed E-state index contributed by atoms with van der Waals surface area (Å²) >= 11 is 0. The lowest BCUT2D eigenvalue weighted by Gasteiger charge is -2.18. The molecule has 0 radical (unpaired) electrons. The second-order valence-electron chi connectivity index (χ2n) is 19.9. The van der Waals surface area contributed by atoms with E-state index in [1.54, 1.807) is 0 Å². The lowest BCUT2D eigenvalue weighted by atomic mass is 10.1. The van der Waals surface area contributed by atoms with Crippen LogP contribution in [0, 0.1) is 0 Å². The lowest BCUT2D eigenvalue weighted by Crippen LogP contribution is -2.30. The van der Waals surface area contributed by atoms with Gasteiger partial charge in [-0.1, -0.05) is 239 Å². The van der Waals surface area contributed by atoms with Crippen molar-refractivity contribution in [3.8, 4) is 0 Å². The standard InChI is InChI=1S/C67H112O6/c1-4-7-10-13-16-19-22-25-28-31-33-36-39-42-45-48-51-54-57-60-66(69)72-63-64(62-71-65(68)59-56-53-50-47-44-41-38-35-30-27-24-21-18-15-12-9-6-3)73-67(70)61-58-55-52-49-46-43-40-37-34-32-29-26-23-20-17-14-11-8-5-2/h9,12,17-18,20-21,25-30,34,37-38,41,43,46,64H,4-8,10-11,13-16,19,22-24,31-33,35-36,39-40,42,44-45,47-63H2,1-3H3/b12-9-,20-17-,21-18-,28-25-,29-26-,30-27-,37-34-,41-38-,46-43-/t64-/m1/s1. The van der Waals surface area contributed by atoms with Crippen LogP contribution < -0.4 is 0 Å². The van der Waals surface area contributed by atoms with Gasteiger partial charge in [-0.25, -0.2) is 0 Å². The third-order valence-electron chi connectivity index (χ3n) is 12.7. The molecule has 0 rings (SSSR count). The first-order valence-electron chi connectivity index (χ1n) is 30.4. The SMILES string of the molecule is CC/C=C\C/C=C\C/C=C\C/C=C\CCCCCCC(=O)OC[C@H](COC(=O)CCCCCCCCCCC/C=C\CCCCCCCC)OC(=O)CCCCC/C=C\C/C=C\C/C=C\C/C=C\CCCCC. The predicted octanol–water partition coefficient (Wildman–Crippen LogP) is 20.7. The van der Waals surface area contributed by atoms with Crippen molar-refractivity contribution in [2.75, 3.05) is 13.2 Å². The molecule has 0 heterocycles. The van der Waals surface area contributed by atoms with Crippen LogP contribution in [0.3, 0.4) is 0 Å². The van der Waals surface area contributed by atoms with Gasteiger partial charge >= 0.3 is 17.9 Å². The first kappa shape index (κ1) is 69.1. The van der Waals surface area contributed by atoms with Gasteiger partial charge in [-0.05, 0) is 128 Å². The molecule has 6 nitrogen and oxygen atoms in total. The van der Waals surface area contributed by atoms with E-state index >= 15 is 0 Å². The van der Waals surface area contributed by atoms with E-state index in [0.29, 0.717) is 12.8 Å². The number of hydrogen-bond donors (Lipinski definition) is 0. The highest BCUT2D eigenvalue weighted by atomic mass is 16.6. The monoisotopic (exact) mass is 1010 g/mol. The van der Waals surface area contributed by atoms with E-state index in [9.17, 15) is 14.4 Å². The summed E-state index contributed by atoms with van der Waals surface area (Å²) in [7, 11) is 0. The minimum atomic E-state index is -0.809. The minimum absolute atomic E-state index is 0.101. The third-order valence-corrected chi connectivity index (χ3v) is 12.7. The van der Waals surface area contributed by atoms with Gasteiger partial charge < -0.3 is 14.2 Å². The van der Waals surface area contributed by atoms with Crippen molar-refractivity contribution >= 4 is 17.9 Å². The van der Waals surface area contributed by atoms with Gasteiger partial charge in [-0.15, -0.1) is 0 Å². The van der Waals surface area contributed by atoms with Crippen molar-refractivity contribution in [2.45, 2.75) is 284 Å². The molecule has 0 amide bonds. The van der Waals surface area contributed by atoms with Gasteiger partial charge in [-0.3, -0.25) is 14.4 Å². The number of carbonyl (C=O) groups excluding carboxylic acids is 3. The Kier molecular flexibility index (Phi) is 57.4. The molecule has 0 N–H and O–H groups in total. The zero-order chi connectivity index (χ0) is 52.9. The Morgan fingerprint density at radius 2 is 0.534 bits per heavy atom. The molecule has 0 aromatic rings. The summed E-state index contributed by atoms with van der Waals surface area (Å²) < 4.78 is 16.9. The minimum Gasteiger partial charge on any atom is -0.462 e. The fourth-order valence-corrected chi connectivity index (χ4v) is 8.18. The zero-order valence-electron chi connectivity index (χ0n) is 47.6. The Hall–Kier alpha value is -3.93. The van der Waals surface area contributed by atoms with Crippen LogP contribution in [-0.2, 0) is 28.6 Å². The molecule has 0 bridgehead atoms. The Morgan fingerprint density at radius 1 is 0.288 bits per heavy atom. The second-order valence-corrected chi connectivity index (χ2v) is 19.9. The molecular weight excluding hydrogens is 901 g/mol. The Balaban J connectivity index is 4.49. The molecule has 0 fully saturated rings. The maximum absolute atomic E-state index is 12.9. The van der Waals surface area contributed by atoms with Gasteiger partial charge in [0.25, 0.3) is 0 Å². The fraction of sp³-hybridized carbons (Fsp3) is 0.687. The Morgan fingerprint density at radius 3 is 0.890 bits per heavy atom. The normalized spacial score (nSPS) is 12.9. The first-order chi connectivity index (χ1) is 36.0. The highest BCUT2D eigenvalue weighted by molar-refractivity contribution is 5.71. The molecule has 6 heteroatoms. The molecule has 0 aliphatic heterocycles. The molecule has 0 saturated heterocycles. The average Bonchev–Trinajstić information content (AvgIpc) is 3.39. The second kappa shape index (κ2) is 60.6. The topological polar surface area (TPSA) is 78.9 Å². The van der Waals surface area contributed by atoms with Gasteiger partial charge in [0, 0.05) is 19.3 Å². The van der Waals surface area contributed by atoms with Gasteiger partial charge in [0.15, 0.2) is 6.10 Å². The Bertz CT molecular complexity index is 1490. The number of allylic oxidation sites excluding steroid dienone is 18. The first-order valence-corrected chi connectivity index (χ1v) is 30.4. The van der Waals surface area contributed by atoms with E-state index in [4.69, 9.17) is 14.2 Å². The smallest absolute Gasteiger partial charge is 0.306 e. The number of ether oxygens (including phenoxy) is 3. The number of carbonyl (C=O) groups is 3. The number of unbranched alkanes of at least 4 members (excludes halogenated alkanes) is 25. The summed E-state index contributed by atoms with van der Waals surface area (Å²) in [6.45, 7) is 6.46. The van der Waals surface area contributed by atoms with Crippen LogP contribution in [0.15, 0.2) is 109 Å². The summed E-state index contributed by atoms with van der Waals surface area (Å²) in [6.07, 6.45) is 82.2. The van der Waals surface area contributed by atoms with Crippen LogP contribution in [0.4, 0.5) is 0 Å². The molecule has 73 heavy (non-hydrogen) atoms. The van der Waals surface area contributed by atoms with Crippen LogP contribution in [0.25, 0.3) is 0 Å². The van der Waals surface area contributed by atoms with Crippen LogP contribution >= 0.6 is 0 Å². The lowest BCUT2D eigenvalue weighted by molar-refractivity contribution is -0.167. The molecule has 0 aliphatic rings. The summed E-state index contributed by atoms with van der Waals surface area (Å²) in [5.41, 5.74) is 0. The van der Waals surface area contributed by atoms with Crippen molar-refractivity contribution in [3.63, 3.8) is 0 Å². The summed E-state index contributed by atoms with van der Waals surface area (Å²) in [4.78, 5) is 38.3. The van der Waals surface area contributed by atoms with Crippen LogP contribution in [-0.4, -0.2) is 37.2 Å². The van der Waals surface area contributed by atoms with Gasteiger partial charge in [0.1, 0.15) is 13.2 Å². The van der Waals surface area contributed by atoms with Crippen molar-refractivity contribution in [1.29, 1.82) is 0 Å². The summed E-state index contributed by atoms with van der Waals surface area (Å²) in [5, 5.41) is 0. The maximum Gasteiger partial charge on any atom is 0.306 e. The largest absolute Gasteiger partial charge is 0.462 e. The molecular formula is C67H112O6. The zero-order valence-corrected chi connectivity index (χ0v) is 47.6. The predicted molar refractivity (Wildman–Crippen MR) is 316 cm³/mol. The van der Waals surface area contributed by atoms with Crippen LogP contribution in [0.2, 0.25) is 0 Å². The van der Waals surface area contributed by atoms with Gasteiger partial charge in [0.05, 0.1) is 0 Å². The maximum atomic E-state index is 12.9. The molecule has 0 aliphatic carbocycles. The van der Waals surface area contributed by atoms with E-state index in [1.165, 1.54) is 116 Å². The van der Waals surface area contributed by atoms with Gasteiger partial charge in [0.2, 0.25) is 0 Å². The molecule has 0 aromatic heterocycles. The van der Waals surface area contributed by atoms with E-state index in [0.717, 1.165) is 122 Å². The fourth-order valence-electron chi connectivity index (χ4n) is 8.18. The highest BCUT2D eigenvalue weighted by Gasteiger charge is 2.19. The van der Waals surface area contributed by atoms with E-state index in [2.05, 4.69) is 130 Å². The Labute approximate surface area is 450 Å². The molecule has 1 atom stereocenters. The molecule has 416 valence electrons. The number of hydrogen-bond acceptors (Lipinski definition) is 6. The van der Waals surface area contributed by atoms with Crippen LogP contribution in [0.1, 0.15) is 278 Å². The summed E-state index contributed by atoms with van der Waals surface area (Å²) in [5.74, 6) is -0.955. The van der Waals surface area contributed by atoms with E-state index < -0.39 is 6.10 Å². The quantitative estimate of drug-likeness (QED) is 0.0261. The van der Waals surface area contributed by atoms with Gasteiger partial charge in [-0.2, -0.15) is 0 Å². The van der Waals surface area contributed by atoms with Crippen molar-refractivity contribution < 1.29 is 28.6 Å². The van der Waals surface area contributed by atoms with E-state index in [-0.39, 0.29) is 37.5 Å². The molecule has 0 aromatic carbocycles.